The van der Waals surface area contributed by atoms with Crippen molar-refractivity contribution in [1.82, 2.24) is 9.55 Å². The Hall–Kier alpha value is -2.22. The number of hydrogen-bond acceptors (Lipinski definition) is 6. The van der Waals surface area contributed by atoms with E-state index < -0.39 is 17.2 Å². The number of esters is 1. The molecule has 21 heavy (non-hydrogen) atoms. The number of ether oxygens (including phenoxy) is 1. The fraction of sp³-hybridized carbons (Fsp3) is 0.385. The Morgan fingerprint density at radius 1 is 1.33 bits per heavy atom. The second-order valence-corrected chi connectivity index (χ2v) is 5.52. The van der Waals surface area contributed by atoms with Gasteiger partial charge in [0.1, 0.15) is 15.5 Å². The van der Waals surface area contributed by atoms with Gasteiger partial charge >= 0.3 is 11.7 Å². The van der Waals surface area contributed by atoms with E-state index in [0.717, 1.165) is 15.9 Å². The average Bonchev–Trinajstić information content (AvgIpc) is 2.71. The number of aromatic nitrogens is 2. The Labute approximate surface area is 123 Å². The van der Waals surface area contributed by atoms with Crippen LogP contribution in [0.3, 0.4) is 0 Å². The van der Waals surface area contributed by atoms with Crippen molar-refractivity contribution >= 4 is 33.3 Å². The molecule has 112 valence electrons. The zero-order valence-electron chi connectivity index (χ0n) is 11.8. The van der Waals surface area contributed by atoms with Gasteiger partial charge in [0.15, 0.2) is 0 Å². The first-order valence-electron chi connectivity index (χ1n) is 6.29. The maximum Gasteiger partial charge on any atom is 0.348 e. The molecule has 1 N–H and O–H groups in total. The third kappa shape index (κ3) is 2.66. The van der Waals surface area contributed by atoms with E-state index in [-0.39, 0.29) is 29.2 Å². The smallest absolute Gasteiger partial charge is 0.348 e. The van der Waals surface area contributed by atoms with E-state index in [9.17, 15) is 19.2 Å². The summed E-state index contributed by atoms with van der Waals surface area (Å²) >= 11 is 1.000. The van der Waals surface area contributed by atoms with Crippen LogP contribution < -0.4 is 11.2 Å². The largest absolute Gasteiger partial charge is 0.462 e. The lowest BCUT2D eigenvalue weighted by molar-refractivity contribution is -0.117. The molecular weight excluding hydrogens is 296 g/mol. The van der Waals surface area contributed by atoms with Gasteiger partial charge in [0.25, 0.3) is 5.56 Å². The van der Waals surface area contributed by atoms with Crippen LogP contribution in [0.4, 0.5) is 0 Å². The molecule has 2 rings (SSSR count). The Kier molecular flexibility index (Phi) is 4.08. The van der Waals surface area contributed by atoms with E-state index in [1.807, 2.05) is 0 Å². The third-order valence-corrected chi connectivity index (χ3v) is 4.10. The number of nitrogens with zero attached hydrogens (tertiary/aromatic N) is 1. The average molecular weight is 310 g/mol. The Morgan fingerprint density at radius 3 is 2.57 bits per heavy atom. The van der Waals surface area contributed by atoms with E-state index in [2.05, 4.69) is 4.98 Å². The molecule has 0 aliphatic carbocycles. The van der Waals surface area contributed by atoms with Crippen LogP contribution in [-0.2, 0) is 16.1 Å². The van der Waals surface area contributed by atoms with E-state index in [0.29, 0.717) is 10.4 Å². The van der Waals surface area contributed by atoms with Crippen LogP contribution in [0.15, 0.2) is 9.59 Å². The zero-order valence-corrected chi connectivity index (χ0v) is 12.6. The number of carbonyl (C=O) groups is 2. The highest BCUT2D eigenvalue weighted by molar-refractivity contribution is 7.20. The number of aryl methyl sites for hydroxylation is 1. The molecule has 8 heteroatoms. The SMILES string of the molecule is CCOC(=O)c1sc2[nH]c(=O)n(CC(C)=O)c(=O)c2c1C. The standard InChI is InChI=1S/C13H14N2O5S/c1-4-20-12(18)9-7(3)8-10(21-9)14-13(19)15(11(8)17)5-6(2)16/h4-5H2,1-3H3,(H,14,19). The summed E-state index contributed by atoms with van der Waals surface area (Å²) in [5.74, 6) is -0.838. The number of carbonyl (C=O) groups excluding carboxylic acids is 2. The molecule has 0 aromatic carbocycles. The molecule has 2 aromatic rings. The molecule has 0 saturated heterocycles. The van der Waals surface area contributed by atoms with E-state index in [1.54, 1.807) is 13.8 Å². The molecule has 0 atom stereocenters. The summed E-state index contributed by atoms with van der Waals surface area (Å²) in [4.78, 5) is 50.3. The summed E-state index contributed by atoms with van der Waals surface area (Å²) in [6.45, 7) is 4.51. The topological polar surface area (TPSA) is 98.2 Å². The first-order valence-corrected chi connectivity index (χ1v) is 7.11. The van der Waals surface area contributed by atoms with Crippen molar-refractivity contribution in [2.45, 2.75) is 27.3 Å². The van der Waals surface area contributed by atoms with Gasteiger partial charge in [-0.1, -0.05) is 0 Å². The quantitative estimate of drug-likeness (QED) is 0.843. The van der Waals surface area contributed by atoms with Crippen molar-refractivity contribution < 1.29 is 14.3 Å². The number of nitrogens with one attached hydrogen (secondary N) is 1. The minimum absolute atomic E-state index is 0.220. The lowest BCUT2D eigenvalue weighted by Crippen LogP contribution is -2.36. The molecule has 0 bridgehead atoms. The first-order chi connectivity index (χ1) is 9.86. The van der Waals surface area contributed by atoms with Crippen LogP contribution in [0.1, 0.15) is 29.1 Å². The number of H-pyrrole nitrogens is 1. The van der Waals surface area contributed by atoms with Gasteiger partial charge in [0.2, 0.25) is 0 Å². The lowest BCUT2D eigenvalue weighted by atomic mass is 10.2. The third-order valence-electron chi connectivity index (χ3n) is 2.91. The number of hydrogen-bond donors (Lipinski definition) is 1. The highest BCUT2D eigenvalue weighted by Crippen LogP contribution is 2.26. The predicted molar refractivity (Wildman–Crippen MR) is 78.1 cm³/mol. The number of aromatic amines is 1. The van der Waals surface area contributed by atoms with Gasteiger partial charge in [-0.25, -0.2) is 9.59 Å². The Morgan fingerprint density at radius 2 is 2.00 bits per heavy atom. The van der Waals surface area contributed by atoms with Crippen LogP contribution in [0.5, 0.6) is 0 Å². The van der Waals surface area contributed by atoms with Gasteiger partial charge in [-0.05, 0) is 26.3 Å². The van der Waals surface area contributed by atoms with Gasteiger partial charge in [0.05, 0.1) is 18.5 Å². The molecule has 0 fully saturated rings. The molecule has 0 radical (unpaired) electrons. The van der Waals surface area contributed by atoms with Crippen LogP contribution >= 0.6 is 11.3 Å². The second kappa shape index (κ2) is 5.65. The maximum absolute atomic E-state index is 12.3. The molecule has 0 spiro atoms. The first kappa shape index (κ1) is 15.2. The number of Topliss-reactive ketones (excluding diaryl/α,β-unsaturated/α-hetero) is 1. The van der Waals surface area contributed by atoms with E-state index >= 15 is 0 Å². The Bertz CT molecular complexity index is 843. The number of fused-ring (bicyclic) bond motifs is 1. The fourth-order valence-electron chi connectivity index (χ4n) is 2.01. The van der Waals surface area contributed by atoms with Gasteiger partial charge in [-0.2, -0.15) is 0 Å². The lowest BCUT2D eigenvalue weighted by Gasteiger charge is -2.02. The highest BCUT2D eigenvalue weighted by Gasteiger charge is 2.21. The second-order valence-electron chi connectivity index (χ2n) is 4.50. The molecule has 0 aliphatic heterocycles. The van der Waals surface area contributed by atoms with Crippen LogP contribution in [-0.4, -0.2) is 27.9 Å². The summed E-state index contributed by atoms with van der Waals surface area (Å²) in [6.07, 6.45) is 0. The van der Waals surface area contributed by atoms with Crippen molar-refractivity contribution in [1.29, 1.82) is 0 Å². The Balaban J connectivity index is 2.73. The molecule has 0 unspecified atom stereocenters. The van der Waals surface area contributed by atoms with Crippen molar-refractivity contribution in [3.05, 3.63) is 31.3 Å². The molecule has 7 nitrogen and oxygen atoms in total. The molecule has 0 amide bonds. The van der Waals surface area contributed by atoms with E-state index in [4.69, 9.17) is 4.74 Å². The van der Waals surface area contributed by atoms with Crippen molar-refractivity contribution in [3.63, 3.8) is 0 Å². The molecule has 2 heterocycles. The summed E-state index contributed by atoms with van der Waals surface area (Å²) < 4.78 is 5.75. The summed E-state index contributed by atoms with van der Waals surface area (Å²) in [7, 11) is 0. The monoisotopic (exact) mass is 310 g/mol. The molecule has 0 aliphatic rings. The van der Waals surface area contributed by atoms with Gasteiger partial charge in [-0.3, -0.25) is 19.1 Å². The molecule has 2 aromatic heterocycles. The van der Waals surface area contributed by atoms with Crippen molar-refractivity contribution in [2.75, 3.05) is 6.61 Å². The maximum atomic E-state index is 12.3. The van der Waals surface area contributed by atoms with Gasteiger partial charge in [-0.15, -0.1) is 11.3 Å². The number of rotatable bonds is 4. The highest BCUT2D eigenvalue weighted by atomic mass is 32.1. The van der Waals surface area contributed by atoms with Gasteiger partial charge in [0, 0.05) is 0 Å². The van der Waals surface area contributed by atoms with Crippen LogP contribution in [0.25, 0.3) is 10.2 Å². The molecular formula is C13H14N2O5S. The summed E-state index contributed by atoms with van der Waals surface area (Å²) in [5, 5.41) is 0.240. The number of thiophene rings is 1. The van der Waals surface area contributed by atoms with E-state index in [1.165, 1.54) is 6.92 Å². The van der Waals surface area contributed by atoms with Crippen molar-refractivity contribution in [2.24, 2.45) is 0 Å². The fourth-order valence-corrected chi connectivity index (χ4v) is 3.09. The molecule has 0 saturated carbocycles. The van der Waals surface area contributed by atoms with Crippen molar-refractivity contribution in [3.8, 4) is 0 Å². The van der Waals surface area contributed by atoms with Crippen LogP contribution in [0, 0.1) is 6.92 Å². The minimum atomic E-state index is -0.667. The van der Waals surface area contributed by atoms with Crippen LogP contribution in [0.2, 0.25) is 0 Å². The summed E-state index contributed by atoms with van der Waals surface area (Å²) in [6, 6.07) is 0. The normalized spacial score (nSPS) is 10.8. The zero-order chi connectivity index (χ0) is 15.7. The minimum Gasteiger partial charge on any atom is -0.462 e. The summed E-state index contributed by atoms with van der Waals surface area (Å²) in [5.41, 5.74) is -0.792. The van der Waals surface area contributed by atoms with Gasteiger partial charge < -0.3 is 4.74 Å². The predicted octanol–water partition coefficient (Wildman–Crippen LogP) is 0.825. The number of ketones is 1.